The lowest BCUT2D eigenvalue weighted by molar-refractivity contribution is 0.267. The predicted molar refractivity (Wildman–Crippen MR) is 111 cm³/mol. The van der Waals surface area contributed by atoms with E-state index in [4.69, 9.17) is 4.43 Å². The molecule has 0 amide bonds. The Labute approximate surface area is 156 Å². The molecule has 142 valence electrons. The van der Waals surface area contributed by atoms with Crippen molar-refractivity contribution in [2.24, 2.45) is 0 Å². The summed E-state index contributed by atoms with van der Waals surface area (Å²) in [5.41, 5.74) is 0. The number of allylic oxidation sites excluding steroid dienone is 1. The quantitative estimate of drug-likeness (QED) is 0.147. The SMILES string of the molecule is CCCC/C=C/C(C)O[Si]C(C)(C)CCCCCCCCCCC. The Bertz CT molecular complexity index is 286. The van der Waals surface area contributed by atoms with Gasteiger partial charge in [-0.2, -0.15) is 0 Å². The van der Waals surface area contributed by atoms with Crippen molar-refractivity contribution in [3.8, 4) is 0 Å². The highest BCUT2D eigenvalue weighted by atomic mass is 28.2. The first-order valence-corrected chi connectivity index (χ1v) is 11.5. The van der Waals surface area contributed by atoms with Gasteiger partial charge in [0.25, 0.3) is 0 Å². The lowest BCUT2D eigenvalue weighted by atomic mass is 10.0. The zero-order valence-electron chi connectivity index (χ0n) is 17.3. The summed E-state index contributed by atoms with van der Waals surface area (Å²) in [4.78, 5) is 0. The van der Waals surface area contributed by atoms with Crippen LogP contribution in [0.2, 0.25) is 5.04 Å². The second-order valence-corrected chi connectivity index (χ2v) is 9.75. The van der Waals surface area contributed by atoms with Crippen molar-refractivity contribution in [2.75, 3.05) is 0 Å². The highest BCUT2D eigenvalue weighted by Crippen LogP contribution is 2.31. The van der Waals surface area contributed by atoms with E-state index >= 15 is 0 Å². The van der Waals surface area contributed by atoms with E-state index < -0.39 is 0 Å². The fourth-order valence-electron chi connectivity index (χ4n) is 2.83. The lowest BCUT2D eigenvalue weighted by Crippen LogP contribution is -2.20. The third-order valence-electron chi connectivity index (χ3n) is 4.56. The summed E-state index contributed by atoms with van der Waals surface area (Å²) in [6.07, 6.45) is 22.5. The van der Waals surface area contributed by atoms with Crippen LogP contribution in [0.25, 0.3) is 0 Å². The van der Waals surface area contributed by atoms with Gasteiger partial charge in [0, 0.05) is 0 Å². The molecule has 0 aromatic rings. The van der Waals surface area contributed by atoms with Gasteiger partial charge in [-0.05, 0) is 24.8 Å². The summed E-state index contributed by atoms with van der Waals surface area (Å²) in [7, 11) is 0.612. The molecule has 0 N–H and O–H groups in total. The highest BCUT2D eigenvalue weighted by Gasteiger charge is 2.20. The minimum Gasteiger partial charge on any atom is -0.411 e. The largest absolute Gasteiger partial charge is 0.411 e. The average molecular weight is 353 g/mol. The van der Waals surface area contributed by atoms with Gasteiger partial charge in [-0.25, -0.2) is 0 Å². The van der Waals surface area contributed by atoms with Gasteiger partial charge < -0.3 is 4.43 Å². The molecule has 0 spiro atoms. The molecule has 24 heavy (non-hydrogen) atoms. The van der Waals surface area contributed by atoms with E-state index in [9.17, 15) is 0 Å². The maximum atomic E-state index is 6.06. The Morgan fingerprint density at radius 2 is 1.38 bits per heavy atom. The van der Waals surface area contributed by atoms with Crippen LogP contribution in [0.4, 0.5) is 0 Å². The molecule has 0 fully saturated rings. The van der Waals surface area contributed by atoms with Gasteiger partial charge in [0.1, 0.15) is 0 Å². The first-order valence-electron chi connectivity index (χ1n) is 10.6. The fraction of sp³-hybridized carbons (Fsp3) is 0.909. The van der Waals surface area contributed by atoms with E-state index in [2.05, 4.69) is 46.8 Å². The van der Waals surface area contributed by atoms with E-state index in [0.29, 0.717) is 14.8 Å². The van der Waals surface area contributed by atoms with Crippen molar-refractivity contribution in [1.82, 2.24) is 0 Å². The van der Waals surface area contributed by atoms with Gasteiger partial charge in [-0.3, -0.25) is 0 Å². The van der Waals surface area contributed by atoms with Crippen LogP contribution >= 0.6 is 0 Å². The molecule has 0 saturated heterocycles. The molecule has 0 aromatic heterocycles. The molecule has 0 aliphatic rings. The molecular weight excluding hydrogens is 308 g/mol. The summed E-state index contributed by atoms with van der Waals surface area (Å²) in [5.74, 6) is 0. The van der Waals surface area contributed by atoms with Crippen LogP contribution in [-0.4, -0.2) is 15.9 Å². The first-order chi connectivity index (χ1) is 11.5. The maximum absolute atomic E-state index is 6.06. The minimum absolute atomic E-state index is 0.266. The van der Waals surface area contributed by atoms with Gasteiger partial charge in [0.15, 0.2) is 0 Å². The van der Waals surface area contributed by atoms with Gasteiger partial charge in [-0.15, -0.1) is 0 Å². The van der Waals surface area contributed by atoms with Crippen molar-refractivity contribution in [2.45, 2.75) is 129 Å². The molecule has 0 bridgehead atoms. The summed E-state index contributed by atoms with van der Waals surface area (Å²) in [5, 5.41) is 0.340. The van der Waals surface area contributed by atoms with Gasteiger partial charge in [0.05, 0.1) is 6.10 Å². The van der Waals surface area contributed by atoms with E-state index in [-0.39, 0.29) is 6.10 Å². The summed E-state index contributed by atoms with van der Waals surface area (Å²) in [6, 6.07) is 0. The van der Waals surface area contributed by atoms with Crippen LogP contribution in [0, 0.1) is 0 Å². The number of hydrogen-bond donors (Lipinski definition) is 0. The number of unbranched alkanes of at least 4 members (excludes halogenated alkanes) is 10. The minimum atomic E-state index is 0.266. The molecule has 2 radical (unpaired) electrons. The maximum Gasteiger partial charge on any atom is 0.236 e. The fourth-order valence-corrected chi connectivity index (χ4v) is 3.69. The van der Waals surface area contributed by atoms with Crippen LogP contribution in [0.1, 0.15) is 118 Å². The molecule has 1 atom stereocenters. The van der Waals surface area contributed by atoms with Crippen molar-refractivity contribution >= 4 is 9.76 Å². The van der Waals surface area contributed by atoms with Gasteiger partial charge in [0.2, 0.25) is 9.76 Å². The molecule has 1 unspecified atom stereocenters. The van der Waals surface area contributed by atoms with Gasteiger partial charge >= 0.3 is 0 Å². The Morgan fingerprint density at radius 3 is 1.96 bits per heavy atom. The molecule has 0 rings (SSSR count). The summed E-state index contributed by atoms with van der Waals surface area (Å²) >= 11 is 0. The molecule has 2 heteroatoms. The topological polar surface area (TPSA) is 9.23 Å². The predicted octanol–water partition coefficient (Wildman–Crippen LogP) is 7.88. The Hall–Kier alpha value is -0.0831. The first kappa shape index (κ1) is 23.9. The number of rotatable bonds is 17. The zero-order chi connectivity index (χ0) is 18.1. The van der Waals surface area contributed by atoms with E-state index in [1.807, 2.05) is 0 Å². The highest BCUT2D eigenvalue weighted by molar-refractivity contribution is 6.32. The van der Waals surface area contributed by atoms with Crippen molar-refractivity contribution in [1.29, 1.82) is 0 Å². The Morgan fingerprint density at radius 1 is 0.833 bits per heavy atom. The van der Waals surface area contributed by atoms with E-state index in [0.717, 1.165) is 0 Å². The molecule has 0 heterocycles. The monoisotopic (exact) mass is 352 g/mol. The lowest BCUT2D eigenvalue weighted by Gasteiger charge is -2.24. The normalized spacial score (nSPS) is 13.7. The van der Waals surface area contributed by atoms with Crippen molar-refractivity contribution in [3.05, 3.63) is 12.2 Å². The van der Waals surface area contributed by atoms with E-state index in [1.165, 1.54) is 83.5 Å². The van der Waals surface area contributed by atoms with Crippen molar-refractivity contribution in [3.63, 3.8) is 0 Å². The Balaban J connectivity index is 3.58. The summed E-state index contributed by atoms with van der Waals surface area (Å²) in [6.45, 7) is 11.4. The van der Waals surface area contributed by atoms with Gasteiger partial charge in [-0.1, -0.05) is 110 Å². The van der Waals surface area contributed by atoms with Crippen LogP contribution in [0.3, 0.4) is 0 Å². The van der Waals surface area contributed by atoms with Crippen LogP contribution in [0.15, 0.2) is 12.2 Å². The zero-order valence-corrected chi connectivity index (χ0v) is 18.3. The molecular formula is C22H44OSi. The standard InChI is InChI=1S/C22H44OSi/c1-6-8-10-12-13-14-15-16-18-20-22(4,5)24-23-21(3)19-17-11-9-7-2/h17,19,21H,6-16,18,20H2,1-5H3/b19-17+. The van der Waals surface area contributed by atoms with Crippen LogP contribution in [-0.2, 0) is 4.43 Å². The smallest absolute Gasteiger partial charge is 0.236 e. The molecule has 0 saturated carbocycles. The second-order valence-electron chi connectivity index (χ2n) is 7.96. The second kappa shape index (κ2) is 16.4. The van der Waals surface area contributed by atoms with Crippen molar-refractivity contribution < 1.29 is 4.43 Å². The third-order valence-corrected chi connectivity index (χ3v) is 5.85. The molecule has 0 aliphatic heterocycles. The molecule has 1 nitrogen and oxygen atoms in total. The van der Waals surface area contributed by atoms with E-state index in [1.54, 1.807) is 0 Å². The molecule has 0 aromatic carbocycles. The van der Waals surface area contributed by atoms with Crippen LogP contribution < -0.4 is 0 Å². The summed E-state index contributed by atoms with van der Waals surface area (Å²) < 4.78 is 6.06. The number of hydrogen-bond acceptors (Lipinski definition) is 1. The molecule has 0 aliphatic carbocycles. The third kappa shape index (κ3) is 16.8. The van der Waals surface area contributed by atoms with Crippen LogP contribution in [0.5, 0.6) is 0 Å². The Kier molecular flexibility index (Phi) is 16.3. The average Bonchev–Trinajstić information content (AvgIpc) is 2.55.